The average molecular weight is 418 g/mol. The summed E-state index contributed by atoms with van der Waals surface area (Å²) in [5, 5.41) is 13.7. The van der Waals surface area contributed by atoms with E-state index in [0.717, 1.165) is 16.8 Å². The molecule has 146 valence electrons. The summed E-state index contributed by atoms with van der Waals surface area (Å²) in [4.78, 5) is 0. The lowest BCUT2D eigenvalue weighted by Crippen LogP contribution is -2.03. The summed E-state index contributed by atoms with van der Waals surface area (Å²) in [5.41, 5.74) is 2.91. The maximum Gasteiger partial charge on any atom is 0.161 e. The molecule has 0 radical (unpaired) electrons. The Balaban J connectivity index is 1.67. The maximum absolute atomic E-state index is 9.36. The first-order chi connectivity index (χ1) is 13.5. The van der Waals surface area contributed by atoms with Crippen molar-refractivity contribution in [1.29, 1.82) is 0 Å². The molecular weight excluding hydrogens is 397 g/mol. The number of hydrogen-bond donors (Lipinski definition) is 2. The summed E-state index contributed by atoms with van der Waals surface area (Å²) in [6.07, 6.45) is 0. The monoisotopic (exact) mass is 417 g/mol. The number of benzene rings is 3. The van der Waals surface area contributed by atoms with E-state index >= 15 is 0 Å². The highest BCUT2D eigenvalue weighted by molar-refractivity contribution is 6.42. The van der Waals surface area contributed by atoms with Crippen molar-refractivity contribution >= 4 is 28.9 Å². The minimum Gasteiger partial charge on any atom is -0.508 e. The Hall–Kier alpha value is -2.56. The van der Waals surface area contributed by atoms with Gasteiger partial charge in [-0.05, 0) is 66.6 Å². The molecule has 0 saturated carbocycles. The van der Waals surface area contributed by atoms with Gasteiger partial charge in [-0.25, -0.2) is 0 Å². The zero-order valence-corrected chi connectivity index (χ0v) is 16.9. The summed E-state index contributed by atoms with van der Waals surface area (Å²) < 4.78 is 11.7. The van der Waals surface area contributed by atoms with Crippen LogP contribution in [0.25, 0.3) is 0 Å². The van der Waals surface area contributed by atoms with Gasteiger partial charge in [-0.1, -0.05) is 35.3 Å². The SMILES string of the molecule is CCOc1cc(CNc2ccc(O)cc2)ccc1OCc1ccc(Cl)c(Cl)c1. The molecule has 0 fully saturated rings. The fourth-order valence-corrected chi connectivity index (χ4v) is 2.94. The van der Waals surface area contributed by atoms with Gasteiger partial charge < -0.3 is 19.9 Å². The van der Waals surface area contributed by atoms with Crippen molar-refractivity contribution in [3.8, 4) is 17.2 Å². The van der Waals surface area contributed by atoms with Crippen molar-refractivity contribution in [3.05, 3.63) is 81.8 Å². The Morgan fingerprint density at radius 1 is 0.821 bits per heavy atom. The van der Waals surface area contributed by atoms with E-state index in [4.69, 9.17) is 32.7 Å². The van der Waals surface area contributed by atoms with E-state index in [9.17, 15) is 5.11 Å². The van der Waals surface area contributed by atoms with Crippen molar-refractivity contribution in [2.45, 2.75) is 20.1 Å². The number of phenols is 1. The van der Waals surface area contributed by atoms with Gasteiger partial charge >= 0.3 is 0 Å². The second-order valence-electron chi connectivity index (χ2n) is 6.15. The van der Waals surface area contributed by atoms with Crippen LogP contribution in [0.15, 0.2) is 60.7 Å². The molecule has 0 aliphatic rings. The van der Waals surface area contributed by atoms with E-state index in [1.807, 2.05) is 43.3 Å². The van der Waals surface area contributed by atoms with Gasteiger partial charge in [-0.3, -0.25) is 0 Å². The quantitative estimate of drug-likeness (QED) is 0.422. The number of anilines is 1. The molecule has 0 spiro atoms. The molecule has 0 heterocycles. The van der Waals surface area contributed by atoms with Crippen molar-refractivity contribution in [2.24, 2.45) is 0 Å². The topological polar surface area (TPSA) is 50.7 Å². The van der Waals surface area contributed by atoms with Gasteiger partial charge in [0.05, 0.1) is 16.7 Å². The normalized spacial score (nSPS) is 10.5. The lowest BCUT2D eigenvalue weighted by molar-refractivity contribution is 0.269. The third kappa shape index (κ3) is 5.47. The molecule has 0 aliphatic heterocycles. The van der Waals surface area contributed by atoms with Crippen LogP contribution in [-0.4, -0.2) is 11.7 Å². The fraction of sp³-hybridized carbons (Fsp3) is 0.182. The van der Waals surface area contributed by atoms with Gasteiger partial charge in [0.15, 0.2) is 11.5 Å². The van der Waals surface area contributed by atoms with E-state index < -0.39 is 0 Å². The highest BCUT2D eigenvalue weighted by atomic mass is 35.5. The van der Waals surface area contributed by atoms with Gasteiger partial charge in [-0.2, -0.15) is 0 Å². The third-order valence-corrected chi connectivity index (χ3v) is 4.79. The maximum atomic E-state index is 9.36. The Labute approximate surface area is 174 Å². The molecule has 3 aromatic carbocycles. The van der Waals surface area contributed by atoms with Crippen LogP contribution in [0.1, 0.15) is 18.1 Å². The summed E-state index contributed by atoms with van der Waals surface area (Å²) in [6.45, 7) is 3.46. The molecule has 4 nitrogen and oxygen atoms in total. The molecule has 0 unspecified atom stereocenters. The number of rotatable bonds is 8. The van der Waals surface area contributed by atoms with Crippen LogP contribution in [-0.2, 0) is 13.2 Å². The highest BCUT2D eigenvalue weighted by Gasteiger charge is 2.08. The van der Waals surface area contributed by atoms with Crippen molar-refractivity contribution in [2.75, 3.05) is 11.9 Å². The largest absolute Gasteiger partial charge is 0.508 e. The minimum absolute atomic E-state index is 0.243. The second-order valence-corrected chi connectivity index (χ2v) is 6.97. The molecule has 6 heteroatoms. The van der Waals surface area contributed by atoms with Crippen LogP contribution in [0.5, 0.6) is 17.2 Å². The molecule has 0 bridgehead atoms. The average Bonchev–Trinajstić information content (AvgIpc) is 2.69. The van der Waals surface area contributed by atoms with E-state index in [0.29, 0.717) is 41.3 Å². The van der Waals surface area contributed by atoms with Crippen LogP contribution in [0, 0.1) is 0 Å². The van der Waals surface area contributed by atoms with Crippen LogP contribution >= 0.6 is 23.2 Å². The van der Waals surface area contributed by atoms with Crippen LogP contribution < -0.4 is 14.8 Å². The van der Waals surface area contributed by atoms with Crippen LogP contribution in [0.3, 0.4) is 0 Å². The summed E-state index contributed by atoms with van der Waals surface area (Å²) in [6, 6.07) is 18.2. The zero-order chi connectivity index (χ0) is 19.9. The Bertz CT molecular complexity index is 930. The first-order valence-electron chi connectivity index (χ1n) is 8.90. The molecule has 0 aromatic heterocycles. The van der Waals surface area contributed by atoms with Crippen molar-refractivity contribution in [1.82, 2.24) is 0 Å². The Morgan fingerprint density at radius 3 is 2.29 bits per heavy atom. The van der Waals surface area contributed by atoms with Crippen molar-refractivity contribution in [3.63, 3.8) is 0 Å². The number of ether oxygens (including phenoxy) is 2. The molecule has 0 aliphatic carbocycles. The number of aromatic hydroxyl groups is 1. The number of phenolic OH excluding ortho intramolecular Hbond substituents is 1. The fourth-order valence-electron chi connectivity index (χ4n) is 2.62. The molecule has 3 aromatic rings. The molecule has 3 rings (SSSR count). The third-order valence-electron chi connectivity index (χ3n) is 4.05. The van der Waals surface area contributed by atoms with Crippen LogP contribution in [0.4, 0.5) is 5.69 Å². The molecule has 0 atom stereocenters. The van der Waals surface area contributed by atoms with E-state index in [1.165, 1.54) is 0 Å². The molecule has 2 N–H and O–H groups in total. The Kier molecular flexibility index (Phi) is 6.90. The smallest absolute Gasteiger partial charge is 0.161 e. The summed E-state index contributed by atoms with van der Waals surface area (Å²) in [7, 11) is 0. The van der Waals surface area contributed by atoms with E-state index in [-0.39, 0.29) is 5.75 Å². The number of nitrogens with one attached hydrogen (secondary N) is 1. The Morgan fingerprint density at radius 2 is 1.57 bits per heavy atom. The lowest BCUT2D eigenvalue weighted by Gasteiger charge is -2.14. The van der Waals surface area contributed by atoms with Gasteiger partial charge in [0, 0.05) is 12.2 Å². The molecule has 28 heavy (non-hydrogen) atoms. The predicted octanol–water partition coefficient (Wildman–Crippen LogP) is 6.29. The van der Waals surface area contributed by atoms with Gasteiger partial charge in [0.2, 0.25) is 0 Å². The summed E-state index contributed by atoms with van der Waals surface area (Å²) in [5.74, 6) is 1.60. The van der Waals surface area contributed by atoms with Crippen molar-refractivity contribution < 1.29 is 14.6 Å². The first kappa shape index (κ1) is 20.2. The zero-order valence-electron chi connectivity index (χ0n) is 15.4. The number of hydrogen-bond acceptors (Lipinski definition) is 4. The molecule has 0 amide bonds. The minimum atomic E-state index is 0.243. The summed E-state index contributed by atoms with van der Waals surface area (Å²) >= 11 is 12.0. The van der Waals surface area contributed by atoms with E-state index in [2.05, 4.69) is 5.32 Å². The lowest BCUT2D eigenvalue weighted by atomic mass is 10.2. The van der Waals surface area contributed by atoms with Gasteiger partial charge in [-0.15, -0.1) is 0 Å². The second kappa shape index (κ2) is 9.58. The standard InChI is InChI=1S/C22H21Cl2NO3/c1-2-27-22-12-15(13-25-17-5-7-18(26)8-6-17)4-10-21(22)28-14-16-3-9-19(23)20(24)11-16/h3-12,25-26H,2,13-14H2,1H3. The highest BCUT2D eigenvalue weighted by Crippen LogP contribution is 2.30. The number of halogens is 2. The van der Waals surface area contributed by atoms with Gasteiger partial charge in [0.1, 0.15) is 12.4 Å². The predicted molar refractivity (Wildman–Crippen MR) is 114 cm³/mol. The van der Waals surface area contributed by atoms with Crippen LogP contribution in [0.2, 0.25) is 10.0 Å². The molecular formula is C22H21Cl2NO3. The van der Waals surface area contributed by atoms with E-state index in [1.54, 1.807) is 24.3 Å². The molecule has 0 saturated heterocycles. The first-order valence-corrected chi connectivity index (χ1v) is 9.66. The van der Waals surface area contributed by atoms with Gasteiger partial charge in [0.25, 0.3) is 0 Å².